The Morgan fingerprint density at radius 3 is 2.11 bits per heavy atom. The SMILES string of the molecule is CCC(C(=O)O)C(CC)(C(C)=O)C(=O)O.COc1ccc(-c2nc(C)c(CC(=O)O)c(=O)[nH]2)cc1F. The van der Waals surface area contributed by atoms with Crippen LogP contribution in [0.5, 0.6) is 5.75 Å². The molecule has 2 aromatic rings. The van der Waals surface area contributed by atoms with Crippen LogP contribution in [0, 0.1) is 24.1 Å². The minimum Gasteiger partial charge on any atom is -0.494 e. The summed E-state index contributed by atoms with van der Waals surface area (Å²) in [6.45, 7) is 5.75. The van der Waals surface area contributed by atoms with Gasteiger partial charge in [0.1, 0.15) is 17.0 Å². The second-order valence-electron chi connectivity index (χ2n) is 7.88. The first kappa shape index (κ1) is 29.9. The molecule has 196 valence electrons. The summed E-state index contributed by atoms with van der Waals surface area (Å²) in [7, 11) is 1.35. The van der Waals surface area contributed by atoms with Gasteiger partial charge in [0.2, 0.25) is 0 Å². The van der Waals surface area contributed by atoms with Crippen LogP contribution >= 0.6 is 0 Å². The van der Waals surface area contributed by atoms with Gasteiger partial charge in [-0.2, -0.15) is 0 Å². The highest BCUT2D eigenvalue weighted by Gasteiger charge is 2.51. The Balaban J connectivity index is 0.000000384. The molecule has 1 aromatic carbocycles. The van der Waals surface area contributed by atoms with E-state index in [1.807, 2.05) is 0 Å². The van der Waals surface area contributed by atoms with Crippen LogP contribution in [0.1, 0.15) is 44.9 Å². The quantitative estimate of drug-likeness (QED) is 0.348. The number of aromatic amines is 1. The van der Waals surface area contributed by atoms with Crippen molar-refractivity contribution in [1.82, 2.24) is 9.97 Å². The van der Waals surface area contributed by atoms with Crippen LogP contribution in [0.25, 0.3) is 11.4 Å². The van der Waals surface area contributed by atoms with E-state index in [-0.39, 0.29) is 30.0 Å². The summed E-state index contributed by atoms with van der Waals surface area (Å²) in [5.41, 5.74) is -1.58. The molecular weight excluding hydrogens is 479 g/mol. The molecule has 1 heterocycles. The monoisotopic (exact) mass is 508 g/mol. The first-order valence-electron chi connectivity index (χ1n) is 10.9. The van der Waals surface area contributed by atoms with Gasteiger partial charge in [-0.05, 0) is 44.9 Å². The lowest BCUT2D eigenvalue weighted by atomic mass is 9.69. The van der Waals surface area contributed by atoms with E-state index in [0.29, 0.717) is 11.3 Å². The number of hydrogen-bond acceptors (Lipinski definition) is 7. The van der Waals surface area contributed by atoms with Crippen LogP contribution in [0.4, 0.5) is 4.39 Å². The number of ether oxygens (including phenoxy) is 1. The van der Waals surface area contributed by atoms with Crippen molar-refractivity contribution in [3.05, 3.63) is 45.6 Å². The molecule has 4 N–H and O–H groups in total. The molecule has 11 nitrogen and oxygen atoms in total. The van der Waals surface area contributed by atoms with Gasteiger partial charge in [-0.3, -0.25) is 24.0 Å². The summed E-state index contributed by atoms with van der Waals surface area (Å²) in [4.78, 5) is 62.6. The molecule has 0 saturated heterocycles. The lowest BCUT2D eigenvalue weighted by molar-refractivity contribution is -0.167. The lowest BCUT2D eigenvalue weighted by Gasteiger charge is -2.30. The van der Waals surface area contributed by atoms with Crippen molar-refractivity contribution in [1.29, 1.82) is 0 Å². The Kier molecular flexibility index (Phi) is 10.5. The Morgan fingerprint density at radius 1 is 1.17 bits per heavy atom. The van der Waals surface area contributed by atoms with Gasteiger partial charge >= 0.3 is 17.9 Å². The minimum absolute atomic E-state index is 0.0114. The van der Waals surface area contributed by atoms with Gasteiger partial charge in [-0.15, -0.1) is 0 Å². The molecule has 0 saturated carbocycles. The highest BCUT2D eigenvalue weighted by Crippen LogP contribution is 2.35. The van der Waals surface area contributed by atoms with Crippen molar-refractivity contribution >= 4 is 23.7 Å². The fourth-order valence-electron chi connectivity index (χ4n) is 3.85. The maximum atomic E-state index is 13.7. The molecule has 0 spiro atoms. The van der Waals surface area contributed by atoms with Crippen molar-refractivity contribution in [2.45, 2.75) is 47.0 Å². The lowest BCUT2D eigenvalue weighted by Crippen LogP contribution is -2.47. The second-order valence-corrected chi connectivity index (χ2v) is 7.88. The molecule has 2 rings (SSSR count). The van der Waals surface area contributed by atoms with E-state index in [2.05, 4.69) is 9.97 Å². The summed E-state index contributed by atoms with van der Waals surface area (Å²) in [5, 5.41) is 26.7. The van der Waals surface area contributed by atoms with Crippen LogP contribution < -0.4 is 10.3 Å². The number of aliphatic carboxylic acids is 3. The Morgan fingerprint density at radius 2 is 1.78 bits per heavy atom. The topological polar surface area (TPSA) is 184 Å². The maximum absolute atomic E-state index is 13.7. The number of carbonyl (C=O) groups excluding carboxylic acids is 1. The molecule has 0 bridgehead atoms. The molecule has 0 aliphatic heterocycles. The molecule has 1 aromatic heterocycles. The highest BCUT2D eigenvalue weighted by molar-refractivity contribution is 6.05. The summed E-state index contributed by atoms with van der Waals surface area (Å²) >= 11 is 0. The van der Waals surface area contributed by atoms with Gasteiger partial charge in [-0.1, -0.05) is 13.8 Å². The molecular formula is C24H29FN2O9. The maximum Gasteiger partial charge on any atom is 0.318 e. The van der Waals surface area contributed by atoms with Gasteiger partial charge in [0.05, 0.1) is 19.4 Å². The number of Topliss-reactive ketones (excluding diaryl/α,β-unsaturated/α-hetero) is 1. The predicted octanol–water partition coefficient (Wildman–Crippen LogP) is 2.69. The van der Waals surface area contributed by atoms with E-state index >= 15 is 0 Å². The van der Waals surface area contributed by atoms with Crippen LogP contribution in [0.2, 0.25) is 0 Å². The van der Waals surface area contributed by atoms with Gasteiger partial charge in [0.15, 0.2) is 11.6 Å². The zero-order chi connectivity index (χ0) is 27.8. The van der Waals surface area contributed by atoms with Gasteiger partial charge in [0, 0.05) is 16.8 Å². The number of carbonyl (C=O) groups is 4. The third-order valence-electron chi connectivity index (χ3n) is 5.84. The number of rotatable bonds is 10. The van der Waals surface area contributed by atoms with Crippen molar-refractivity contribution < 1.29 is 43.6 Å². The zero-order valence-corrected chi connectivity index (χ0v) is 20.5. The third kappa shape index (κ3) is 6.52. The van der Waals surface area contributed by atoms with Crippen molar-refractivity contribution in [2.24, 2.45) is 11.3 Å². The number of halogens is 1. The van der Waals surface area contributed by atoms with Gasteiger partial charge in [-0.25, -0.2) is 9.37 Å². The van der Waals surface area contributed by atoms with E-state index < -0.39 is 52.8 Å². The fourth-order valence-corrected chi connectivity index (χ4v) is 3.85. The standard InChI is InChI=1S/C14H13FN2O4.C10H16O5/c1-7-9(6-12(18)19)14(20)17-13(16-7)8-3-4-11(21-2)10(15)5-8;1-4-7(8(12)13)10(5-2,6(3)11)9(14)15/h3-5H,6H2,1-2H3,(H,18,19)(H,16,17,20);7H,4-5H2,1-3H3,(H,12,13)(H,14,15). The van der Waals surface area contributed by atoms with Crippen molar-refractivity contribution in [2.75, 3.05) is 7.11 Å². The molecule has 2 atom stereocenters. The van der Waals surface area contributed by atoms with Crippen LogP contribution in [0.15, 0.2) is 23.0 Å². The molecule has 36 heavy (non-hydrogen) atoms. The number of carboxylic acid groups (broad SMARTS) is 3. The Bertz CT molecular complexity index is 1190. The molecule has 12 heteroatoms. The van der Waals surface area contributed by atoms with Crippen molar-refractivity contribution in [3.63, 3.8) is 0 Å². The van der Waals surface area contributed by atoms with E-state index in [1.165, 1.54) is 33.1 Å². The second kappa shape index (κ2) is 12.6. The fraction of sp³-hybridized carbons (Fsp3) is 0.417. The number of aromatic nitrogens is 2. The summed E-state index contributed by atoms with van der Waals surface area (Å²) in [6.07, 6.45) is -0.303. The normalized spacial score (nSPS) is 12.9. The van der Waals surface area contributed by atoms with Crippen LogP contribution in [0.3, 0.4) is 0 Å². The van der Waals surface area contributed by atoms with Gasteiger partial charge < -0.3 is 25.0 Å². The number of ketones is 1. The van der Waals surface area contributed by atoms with E-state index in [4.69, 9.17) is 20.1 Å². The number of aryl methyl sites for hydroxylation is 1. The summed E-state index contributed by atoms with van der Waals surface area (Å²) < 4.78 is 18.5. The number of benzene rings is 1. The molecule has 0 amide bonds. The van der Waals surface area contributed by atoms with E-state index in [9.17, 15) is 28.4 Å². The van der Waals surface area contributed by atoms with Crippen LogP contribution in [-0.4, -0.2) is 56.1 Å². The zero-order valence-electron chi connectivity index (χ0n) is 20.5. The molecule has 0 fully saturated rings. The highest BCUT2D eigenvalue weighted by atomic mass is 19.1. The average Bonchev–Trinajstić information content (AvgIpc) is 2.79. The number of nitrogens with one attached hydrogen (secondary N) is 1. The summed E-state index contributed by atoms with van der Waals surface area (Å²) in [6, 6.07) is 4.16. The largest absolute Gasteiger partial charge is 0.494 e. The molecule has 0 radical (unpaired) electrons. The number of carboxylic acids is 3. The number of nitrogens with zero attached hydrogens (tertiary/aromatic N) is 1. The number of H-pyrrole nitrogens is 1. The van der Waals surface area contributed by atoms with E-state index in [1.54, 1.807) is 13.0 Å². The third-order valence-corrected chi connectivity index (χ3v) is 5.84. The first-order chi connectivity index (χ1) is 16.8. The van der Waals surface area contributed by atoms with E-state index in [0.717, 1.165) is 6.92 Å². The first-order valence-corrected chi connectivity index (χ1v) is 10.9. The predicted molar refractivity (Wildman–Crippen MR) is 125 cm³/mol. The van der Waals surface area contributed by atoms with Crippen LogP contribution in [-0.2, 0) is 25.6 Å². The van der Waals surface area contributed by atoms with Crippen molar-refractivity contribution in [3.8, 4) is 17.1 Å². The summed E-state index contributed by atoms with van der Waals surface area (Å²) in [5.74, 6) is -5.81. The smallest absolute Gasteiger partial charge is 0.318 e. The average molecular weight is 508 g/mol. The number of methoxy groups -OCH3 is 1. The minimum atomic E-state index is -1.79. The molecule has 2 unspecified atom stereocenters. The Labute approximate surface area is 206 Å². The van der Waals surface area contributed by atoms with Gasteiger partial charge in [0.25, 0.3) is 5.56 Å². The Hall–Kier alpha value is -4.09. The molecule has 0 aliphatic carbocycles. The molecule has 0 aliphatic rings. The number of hydrogen-bond donors (Lipinski definition) is 4.